The molecule has 0 aromatic carbocycles. The molecule has 30 heavy (non-hydrogen) atoms. The largest absolute Gasteiger partial charge is 0.466 e. The number of esters is 2. The number of hydrogen-bond acceptors (Lipinski definition) is 5. The highest BCUT2D eigenvalue weighted by atomic mass is 16.5. The first kappa shape index (κ1) is 28.4. The molecule has 0 aliphatic heterocycles. The van der Waals surface area contributed by atoms with Crippen LogP contribution in [0.4, 0.5) is 0 Å². The van der Waals surface area contributed by atoms with E-state index in [0.29, 0.717) is 19.6 Å². The van der Waals surface area contributed by atoms with Gasteiger partial charge in [0.15, 0.2) is 0 Å². The first-order valence-electron chi connectivity index (χ1n) is 12.0. The number of nitrogens with one attached hydrogen (secondary N) is 1. The lowest BCUT2D eigenvalue weighted by atomic mass is 9.92. The fourth-order valence-corrected chi connectivity index (χ4v) is 3.68. The van der Waals surface area contributed by atoms with Crippen LogP contribution in [0.15, 0.2) is 0 Å². The van der Waals surface area contributed by atoms with Gasteiger partial charge in [-0.25, -0.2) is 0 Å². The Bertz CT molecular complexity index is 467. The number of amides is 1. The summed E-state index contributed by atoms with van der Waals surface area (Å²) in [7, 11) is 0. The fraction of sp³-hybridized carbons (Fsp3) is 0.875. The van der Waals surface area contributed by atoms with E-state index in [1.54, 1.807) is 0 Å². The Morgan fingerprint density at radius 3 is 2.07 bits per heavy atom. The minimum absolute atomic E-state index is 0.00336. The van der Waals surface area contributed by atoms with Gasteiger partial charge in [-0.15, -0.1) is 0 Å². The van der Waals surface area contributed by atoms with Crippen LogP contribution in [0.2, 0.25) is 0 Å². The van der Waals surface area contributed by atoms with E-state index in [1.807, 2.05) is 13.8 Å². The van der Waals surface area contributed by atoms with Gasteiger partial charge >= 0.3 is 11.9 Å². The molecule has 0 bridgehead atoms. The average Bonchev–Trinajstić information content (AvgIpc) is 2.69. The third kappa shape index (κ3) is 16.2. The minimum atomic E-state index is -0.223. The van der Waals surface area contributed by atoms with E-state index in [4.69, 9.17) is 9.47 Å². The molecule has 0 rings (SSSR count). The molecule has 6 nitrogen and oxygen atoms in total. The van der Waals surface area contributed by atoms with E-state index in [2.05, 4.69) is 12.2 Å². The van der Waals surface area contributed by atoms with Crippen molar-refractivity contribution in [2.75, 3.05) is 13.2 Å². The van der Waals surface area contributed by atoms with E-state index >= 15 is 0 Å². The van der Waals surface area contributed by atoms with Crippen LogP contribution in [0.1, 0.15) is 111 Å². The highest BCUT2D eigenvalue weighted by Crippen LogP contribution is 2.21. The van der Waals surface area contributed by atoms with Crippen molar-refractivity contribution in [3.63, 3.8) is 0 Å². The summed E-state index contributed by atoms with van der Waals surface area (Å²) in [5.41, 5.74) is 0. The van der Waals surface area contributed by atoms with Gasteiger partial charge in [0, 0.05) is 25.8 Å². The van der Waals surface area contributed by atoms with Crippen molar-refractivity contribution < 1.29 is 23.9 Å². The molecule has 0 aliphatic carbocycles. The molecule has 0 radical (unpaired) electrons. The zero-order valence-corrected chi connectivity index (χ0v) is 19.8. The number of unbranched alkanes of at least 4 members (excludes halogenated alkanes) is 5. The van der Waals surface area contributed by atoms with E-state index in [-0.39, 0.29) is 29.9 Å². The molecule has 0 fully saturated rings. The van der Waals surface area contributed by atoms with E-state index in [0.717, 1.165) is 77.0 Å². The third-order valence-electron chi connectivity index (χ3n) is 5.25. The predicted molar refractivity (Wildman–Crippen MR) is 120 cm³/mol. The van der Waals surface area contributed by atoms with Crippen LogP contribution in [-0.4, -0.2) is 37.1 Å². The molecule has 0 heterocycles. The van der Waals surface area contributed by atoms with E-state index < -0.39 is 0 Å². The van der Waals surface area contributed by atoms with Crippen molar-refractivity contribution in [1.82, 2.24) is 5.32 Å². The van der Waals surface area contributed by atoms with Gasteiger partial charge in [0.05, 0.1) is 6.61 Å². The number of carbonyl (C=O) groups excluding carboxylic acids is 3. The summed E-state index contributed by atoms with van der Waals surface area (Å²) in [5, 5.41) is 2.95. The highest BCUT2D eigenvalue weighted by Gasteiger charge is 2.19. The van der Waals surface area contributed by atoms with Gasteiger partial charge in [-0.1, -0.05) is 39.0 Å². The van der Waals surface area contributed by atoms with Crippen molar-refractivity contribution in [1.29, 1.82) is 0 Å². The Morgan fingerprint density at radius 2 is 1.43 bits per heavy atom. The lowest BCUT2D eigenvalue weighted by Crippen LogP contribution is -2.30. The molecule has 2 atom stereocenters. The lowest BCUT2D eigenvalue weighted by molar-refractivity contribution is -0.147. The van der Waals surface area contributed by atoms with Crippen molar-refractivity contribution in [3.8, 4) is 0 Å². The van der Waals surface area contributed by atoms with Crippen LogP contribution in [-0.2, 0) is 23.9 Å². The monoisotopic (exact) mass is 427 g/mol. The Kier molecular flexibility index (Phi) is 18.4. The first-order valence-corrected chi connectivity index (χ1v) is 12.0. The smallest absolute Gasteiger partial charge is 0.305 e. The quantitative estimate of drug-likeness (QED) is 0.223. The second-order valence-corrected chi connectivity index (χ2v) is 8.01. The van der Waals surface area contributed by atoms with Gasteiger partial charge < -0.3 is 14.8 Å². The van der Waals surface area contributed by atoms with E-state index in [9.17, 15) is 14.4 Å². The molecule has 0 aromatic heterocycles. The maximum absolute atomic E-state index is 12.4. The lowest BCUT2D eigenvalue weighted by Gasteiger charge is -2.20. The Hall–Kier alpha value is -1.59. The summed E-state index contributed by atoms with van der Waals surface area (Å²) in [5.74, 6) is -0.221. The summed E-state index contributed by atoms with van der Waals surface area (Å²) in [6.45, 7) is 8.46. The molecule has 0 aliphatic rings. The van der Waals surface area contributed by atoms with Crippen LogP contribution in [0.25, 0.3) is 0 Å². The molecular weight excluding hydrogens is 382 g/mol. The molecular formula is C24H45NO5. The Balaban J connectivity index is 4.31. The van der Waals surface area contributed by atoms with Gasteiger partial charge in [-0.3, -0.25) is 14.4 Å². The maximum Gasteiger partial charge on any atom is 0.305 e. The van der Waals surface area contributed by atoms with Crippen molar-refractivity contribution in [3.05, 3.63) is 0 Å². The molecule has 1 amide bonds. The first-order chi connectivity index (χ1) is 14.4. The molecule has 0 spiro atoms. The summed E-state index contributed by atoms with van der Waals surface area (Å²) in [6.07, 6.45) is 11.9. The van der Waals surface area contributed by atoms with Gasteiger partial charge in [-0.05, 0) is 58.8 Å². The third-order valence-corrected chi connectivity index (χ3v) is 5.25. The van der Waals surface area contributed by atoms with Crippen LogP contribution in [0, 0.1) is 5.92 Å². The second kappa shape index (κ2) is 19.4. The van der Waals surface area contributed by atoms with Crippen LogP contribution < -0.4 is 5.32 Å². The van der Waals surface area contributed by atoms with Gasteiger partial charge in [0.2, 0.25) is 5.91 Å². The number of rotatable bonds is 19. The number of ether oxygens (including phenoxy) is 2. The van der Waals surface area contributed by atoms with Crippen molar-refractivity contribution in [2.24, 2.45) is 5.92 Å². The minimum Gasteiger partial charge on any atom is -0.466 e. The normalized spacial score (nSPS) is 12.8. The predicted octanol–water partition coefficient (Wildman–Crippen LogP) is 5.32. The number of hydrogen-bond donors (Lipinski definition) is 1. The Morgan fingerprint density at radius 1 is 0.800 bits per heavy atom. The number of carbonyl (C=O) groups is 3. The molecule has 1 N–H and O–H groups in total. The van der Waals surface area contributed by atoms with Crippen LogP contribution in [0.3, 0.4) is 0 Å². The van der Waals surface area contributed by atoms with Gasteiger partial charge in [-0.2, -0.15) is 0 Å². The molecule has 6 heteroatoms. The van der Waals surface area contributed by atoms with Gasteiger partial charge in [0.25, 0.3) is 0 Å². The highest BCUT2D eigenvalue weighted by molar-refractivity contribution is 5.78. The zero-order chi connectivity index (χ0) is 22.6. The summed E-state index contributed by atoms with van der Waals surface area (Å²) >= 11 is 0. The summed E-state index contributed by atoms with van der Waals surface area (Å²) in [4.78, 5) is 35.2. The Labute approximate surface area is 183 Å². The fourth-order valence-electron chi connectivity index (χ4n) is 3.68. The molecule has 0 aromatic rings. The molecule has 0 saturated heterocycles. The van der Waals surface area contributed by atoms with Crippen molar-refractivity contribution >= 4 is 17.8 Å². The van der Waals surface area contributed by atoms with Crippen molar-refractivity contribution in [2.45, 2.75) is 117 Å². The topological polar surface area (TPSA) is 81.7 Å². The summed E-state index contributed by atoms with van der Waals surface area (Å²) in [6, 6.07) is 0. The second-order valence-electron chi connectivity index (χ2n) is 8.01. The maximum atomic E-state index is 12.4. The SMILES string of the molecule is CCCCCC(CCCC(CCCCCCC(=O)OCC)C(=O)NCC)OC(C)=O. The average molecular weight is 428 g/mol. The molecule has 0 saturated carbocycles. The van der Waals surface area contributed by atoms with E-state index in [1.165, 1.54) is 6.92 Å². The molecule has 176 valence electrons. The standard InChI is InChI=1S/C24H45NO5/c1-5-8-11-17-22(30-20(4)26)18-14-16-21(24(28)25-6-2)15-12-9-10-13-19-23(27)29-7-3/h21-22H,5-19H2,1-4H3,(H,25,28). The zero-order valence-electron chi connectivity index (χ0n) is 19.8. The summed E-state index contributed by atoms with van der Waals surface area (Å²) < 4.78 is 10.4. The van der Waals surface area contributed by atoms with Crippen LogP contribution >= 0.6 is 0 Å². The molecule has 2 unspecified atom stereocenters. The van der Waals surface area contributed by atoms with Crippen LogP contribution in [0.5, 0.6) is 0 Å². The van der Waals surface area contributed by atoms with Gasteiger partial charge in [0.1, 0.15) is 6.10 Å².